The maximum absolute atomic E-state index is 9.60. The van der Waals surface area contributed by atoms with Crippen molar-refractivity contribution in [2.75, 3.05) is 0 Å². The van der Waals surface area contributed by atoms with Crippen molar-refractivity contribution in [1.29, 1.82) is 0 Å². The number of carbonyl (C=O) groups is 1. The van der Waals surface area contributed by atoms with Gasteiger partial charge in [-0.15, -0.1) is 0 Å². The molecule has 1 rings (SSSR count). The van der Waals surface area contributed by atoms with Crippen molar-refractivity contribution in [3.8, 4) is 0 Å². The fourth-order valence-electron chi connectivity index (χ4n) is 2.03. The highest BCUT2D eigenvalue weighted by molar-refractivity contribution is 5.37. The van der Waals surface area contributed by atoms with E-state index in [0.29, 0.717) is 6.47 Å². The molecule has 0 bridgehead atoms. The Kier molecular flexibility index (Phi) is 8.32. The first kappa shape index (κ1) is 15.5. The molecule has 16 heavy (non-hydrogen) atoms. The van der Waals surface area contributed by atoms with Crippen LogP contribution >= 0.6 is 0 Å². The Morgan fingerprint density at radius 1 is 1.19 bits per heavy atom. The van der Waals surface area contributed by atoms with Gasteiger partial charge >= 0.3 is 0 Å². The molecule has 0 spiro atoms. The molecular weight excluding hydrogens is 200 g/mol. The van der Waals surface area contributed by atoms with Gasteiger partial charge in [-0.2, -0.15) is 0 Å². The maximum Gasteiger partial charge on any atom is 0.293 e. The Bertz CT molecular complexity index is 161. The number of hydrogen-bond acceptors (Lipinski definition) is 2. The van der Waals surface area contributed by atoms with Crippen LogP contribution in [0.1, 0.15) is 72.6 Å². The van der Waals surface area contributed by atoms with Crippen LogP contribution in [-0.4, -0.2) is 12.1 Å². The lowest BCUT2D eigenvalue weighted by Crippen LogP contribution is -2.17. The molecular formula is C14H28O2. The third kappa shape index (κ3) is 10.0. The molecule has 0 radical (unpaired) electrons. The van der Waals surface area contributed by atoms with Crippen LogP contribution < -0.4 is 0 Å². The molecule has 0 amide bonds. The lowest BCUT2D eigenvalue weighted by atomic mass is 9.86. The topological polar surface area (TPSA) is 26.3 Å². The number of ether oxygens (including phenoxy) is 1. The van der Waals surface area contributed by atoms with E-state index in [1.54, 1.807) is 0 Å². The van der Waals surface area contributed by atoms with Gasteiger partial charge < -0.3 is 4.74 Å². The standard InChI is InChI=1S/C9H18.C5H10O2/c1-2-6-9-7-4-3-5-8-9;1-5(2,3)7-4-6/h9H,2-8H2,1H3;4H,1-3H3. The molecule has 0 aliphatic heterocycles. The molecule has 0 N–H and O–H groups in total. The Morgan fingerprint density at radius 2 is 1.75 bits per heavy atom. The molecule has 1 aliphatic rings. The first-order valence-corrected chi connectivity index (χ1v) is 6.61. The minimum absolute atomic E-state index is 0.318. The van der Waals surface area contributed by atoms with Crippen LogP contribution in [0.4, 0.5) is 0 Å². The van der Waals surface area contributed by atoms with E-state index >= 15 is 0 Å². The van der Waals surface area contributed by atoms with Crippen molar-refractivity contribution >= 4 is 6.47 Å². The Morgan fingerprint density at radius 3 is 2.06 bits per heavy atom. The van der Waals surface area contributed by atoms with E-state index < -0.39 is 0 Å². The summed E-state index contributed by atoms with van der Waals surface area (Å²) in [6, 6.07) is 0. The van der Waals surface area contributed by atoms with Gasteiger partial charge in [-0.1, -0.05) is 51.9 Å². The minimum Gasteiger partial charge on any atom is -0.462 e. The average Bonchev–Trinajstić information content (AvgIpc) is 2.19. The predicted molar refractivity (Wildman–Crippen MR) is 68.4 cm³/mol. The van der Waals surface area contributed by atoms with Gasteiger partial charge in [-0.05, 0) is 26.7 Å². The van der Waals surface area contributed by atoms with Gasteiger partial charge in [0.2, 0.25) is 0 Å². The lowest BCUT2D eigenvalue weighted by Gasteiger charge is -2.20. The Labute approximate surface area is 101 Å². The zero-order chi connectivity index (χ0) is 12.4. The summed E-state index contributed by atoms with van der Waals surface area (Å²) >= 11 is 0. The van der Waals surface area contributed by atoms with E-state index in [4.69, 9.17) is 0 Å². The lowest BCUT2D eigenvalue weighted by molar-refractivity contribution is -0.138. The quantitative estimate of drug-likeness (QED) is 0.672. The fraction of sp³-hybridized carbons (Fsp3) is 0.929. The van der Waals surface area contributed by atoms with Crippen molar-refractivity contribution in [3.05, 3.63) is 0 Å². The number of carbonyl (C=O) groups excluding carboxylic acids is 1. The summed E-state index contributed by atoms with van der Waals surface area (Å²) in [7, 11) is 0. The highest BCUT2D eigenvalue weighted by atomic mass is 16.5. The van der Waals surface area contributed by atoms with Gasteiger partial charge in [0.15, 0.2) is 0 Å². The summed E-state index contributed by atoms with van der Waals surface area (Å²) in [5.74, 6) is 1.10. The second-order valence-electron chi connectivity index (χ2n) is 5.62. The zero-order valence-corrected chi connectivity index (χ0v) is 11.4. The van der Waals surface area contributed by atoms with E-state index in [2.05, 4.69) is 11.7 Å². The van der Waals surface area contributed by atoms with E-state index in [0.717, 1.165) is 5.92 Å². The van der Waals surface area contributed by atoms with Gasteiger partial charge in [0.1, 0.15) is 5.60 Å². The predicted octanol–water partition coefficient (Wildman–Crippen LogP) is 4.32. The van der Waals surface area contributed by atoms with Crippen molar-refractivity contribution in [2.24, 2.45) is 5.92 Å². The molecule has 0 heterocycles. The van der Waals surface area contributed by atoms with Crippen molar-refractivity contribution in [3.63, 3.8) is 0 Å². The van der Waals surface area contributed by atoms with Crippen molar-refractivity contribution in [2.45, 2.75) is 78.2 Å². The van der Waals surface area contributed by atoms with Gasteiger partial charge in [0, 0.05) is 0 Å². The minimum atomic E-state index is -0.318. The molecule has 1 saturated carbocycles. The molecule has 0 aromatic carbocycles. The van der Waals surface area contributed by atoms with Crippen LogP contribution in [0.15, 0.2) is 0 Å². The van der Waals surface area contributed by atoms with Crippen LogP contribution in [0, 0.1) is 5.92 Å². The normalized spacial score (nSPS) is 17.2. The summed E-state index contributed by atoms with van der Waals surface area (Å²) in [6.07, 6.45) is 10.4. The van der Waals surface area contributed by atoms with E-state index in [9.17, 15) is 4.79 Å². The monoisotopic (exact) mass is 228 g/mol. The molecule has 1 fully saturated rings. The summed E-state index contributed by atoms with van der Waals surface area (Å²) in [6.45, 7) is 8.22. The zero-order valence-electron chi connectivity index (χ0n) is 11.4. The average molecular weight is 228 g/mol. The summed E-state index contributed by atoms with van der Waals surface area (Å²) in [5, 5.41) is 0. The number of hydrogen-bond donors (Lipinski definition) is 0. The van der Waals surface area contributed by atoms with Gasteiger partial charge in [-0.25, -0.2) is 0 Å². The molecule has 2 heteroatoms. The molecule has 2 nitrogen and oxygen atoms in total. The second kappa shape index (κ2) is 8.60. The third-order valence-electron chi connectivity index (χ3n) is 2.82. The van der Waals surface area contributed by atoms with E-state index in [-0.39, 0.29) is 5.60 Å². The molecule has 0 saturated heterocycles. The third-order valence-corrected chi connectivity index (χ3v) is 2.82. The molecule has 96 valence electrons. The first-order chi connectivity index (χ1) is 7.49. The van der Waals surface area contributed by atoms with Gasteiger partial charge in [0.05, 0.1) is 0 Å². The maximum atomic E-state index is 9.60. The second-order valence-corrected chi connectivity index (χ2v) is 5.62. The summed E-state index contributed by atoms with van der Waals surface area (Å²) in [5.41, 5.74) is -0.318. The van der Waals surface area contributed by atoms with Gasteiger partial charge in [-0.3, -0.25) is 4.79 Å². The van der Waals surface area contributed by atoms with E-state index in [1.165, 1.54) is 44.9 Å². The summed E-state index contributed by atoms with van der Waals surface area (Å²) < 4.78 is 4.55. The highest BCUT2D eigenvalue weighted by Gasteiger charge is 2.11. The van der Waals surface area contributed by atoms with Crippen LogP contribution in [0.5, 0.6) is 0 Å². The molecule has 0 atom stereocenters. The van der Waals surface area contributed by atoms with E-state index in [1.807, 2.05) is 20.8 Å². The molecule has 1 aliphatic carbocycles. The molecule has 0 aromatic heterocycles. The smallest absolute Gasteiger partial charge is 0.293 e. The van der Waals surface area contributed by atoms with Crippen LogP contribution in [0.2, 0.25) is 0 Å². The molecule has 0 aromatic rings. The number of rotatable bonds is 3. The summed E-state index contributed by atoms with van der Waals surface area (Å²) in [4.78, 5) is 9.60. The Balaban J connectivity index is 0.000000293. The Hall–Kier alpha value is -0.530. The van der Waals surface area contributed by atoms with Crippen LogP contribution in [-0.2, 0) is 9.53 Å². The largest absolute Gasteiger partial charge is 0.462 e. The molecule has 0 unspecified atom stereocenters. The van der Waals surface area contributed by atoms with Crippen LogP contribution in [0.25, 0.3) is 0 Å². The fourth-order valence-corrected chi connectivity index (χ4v) is 2.03. The highest BCUT2D eigenvalue weighted by Crippen LogP contribution is 2.26. The first-order valence-electron chi connectivity index (χ1n) is 6.61. The van der Waals surface area contributed by atoms with Crippen molar-refractivity contribution < 1.29 is 9.53 Å². The SMILES string of the molecule is CC(C)(C)OC=O.CCCC1CCCCC1. The van der Waals surface area contributed by atoms with Gasteiger partial charge in [0.25, 0.3) is 6.47 Å². The van der Waals surface area contributed by atoms with Crippen LogP contribution in [0.3, 0.4) is 0 Å². The van der Waals surface area contributed by atoms with Crippen molar-refractivity contribution in [1.82, 2.24) is 0 Å².